The van der Waals surface area contributed by atoms with Crippen LogP contribution in [0.4, 0.5) is 0 Å². The number of aromatic nitrogens is 2. The van der Waals surface area contributed by atoms with Gasteiger partial charge in [-0.1, -0.05) is 26.7 Å². The van der Waals surface area contributed by atoms with Crippen LogP contribution in [0.5, 0.6) is 0 Å². The largest absolute Gasteiger partial charge is 0.270 e. The first-order valence-electron chi connectivity index (χ1n) is 5.85. The van der Waals surface area contributed by atoms with Gasteiger partial charge in [0.1, 0.15) is 0 Å². The zero-order valence-corrected chi connectivity index (χ0v) is 9.66. The smallest absolute Gasteiger partial charge is 0.0492 e. The summed E-state index contributed by atoms with van der Waals surface area (Å²) >= 11 is 0. The molecule has 0 aromatic carbocycles. The van der Waals surface area contributed by atoms with Crippen LogP contribution in [0.1, 0.15) is 58.1 Å². The number of aryl methyl sites for hydroxylation is 1. The molecule has 0 aliphatic heterocycles. The molecule has 0 bridgehead atoms. The van der Waals surface area contributed by atoms with Gasteiger partial charge in [0.25, 0.3) is 0 Å². The van der Waals surface area contributed by atoms with Gasteiger partial charge in [-0.2, -0.15) is 5.10 Å². The highest BCUT2D eigenvalue weighted by molar-refractivity contribution is 5.07. The third-order valence-corrected chi connectivity index (χ3v) is 2.74. The van der Waals surface area contributed by atoms with E-state index in [4.69, 9.17) is 0 Å². The third-order valence-electron chi connectivity index (χ3n) is 2.74. The second-order valence-electron chi connectivity index (χ2n) is 3.85. The number of hydrogen-bond donors (Lipinski definition) is 0. The molecular weight excluding hydrogens is 172 g/mol. The van der Waals surface area contributed by atoms with Crippen LogP contribution in [0.2, 0.25) is 0 Å². The molecule has 1 heterocycles. The lowest BCUT2D eigenvalue weighted by Gasteiger charge is -2.16. The molecule has 0 N–H and O–H groups in total. The van der Waals surface area contributed by atoms with Crippen molar-refractivity contribution in [3.8, 4) is 0 Å². The highest BCUT2D eigenvalue weighted by Crippen LogP contribution is 2.25. The number of hydrogen-bond acceptors (Lipinski definition) is 1. The van der Waals surface area contributed by atoms with Gasteiger partial charge < -0.3 is 0 Å². The summed E-state index contributed by atoms with van der Waals surface area (Å²) in [6.07, 6.45) is 7.04. The second-order valence-corrected chi connectivity index (χ2v) is 3.85. The van der Waals surface area contributed by atoms with Crippen molar-refractivity contribution < 1.29 is 0 Å². The summed E-state index contributed by atoms with van der Waals surface area (Å²) in [5.74, 6) is 0.715. The van der Waals surface area contributed by atoms with Gasteiger partial charge in [0.15, 0.2) is 0 Å². The van der Waals surface area contributed by atoms with Crippen molar-refractivity contribution in [1.82, 2.24) is 9.78 Å². The van der Waals surface area contributed by atoms with E-state index in [2.05, 4.69) is 36.6 Å². The Hall–Kier alpha value is -0.790. The molecule has 0 saturated heterocycles. The van der Waals surface area contributed by atoms with Crippen LogP contribution in [0.15, 0.2) is 12.3 Å². The van der Waals surface area contributed by atoms with Gasteiger partial charge in [0, 0.05) is 24.4 Å². The van der Waals surface area contributed by atoms with Crippen molar-refractivity contribution in [2.45, 2.75) is 58.9 Å². The molecule has 14 heavy (non-hydrogen) atoms. The molecule has 80 valence electrons. The van der Waals surface area contributed by atoms with E-state index in [9.17, 15) is 0 Å². The molecule has 1 rings (SSSR count). The van der Waals surface area contributed by atoms with Crippen molar-refractivity contribution in [2.24, 2.45) is 0 Å². The molecule has 0 saturated carbocycles. The van der Waals surface area contributed by atoms with Crippen molar-refractivity contribution in [2.75, 3.05) is 0 Å². The first kappa shape index (κ1) is 11.3. The zero-order chi connectivity index (χ0) is 10.4. The van der Waals surface area contributed by atoms with Crippen LogP contribution in [-0.2, 0) is 6.54 Å². The van der Waals surface area contributed by atoms with Crippen LogP contribution in [0, 0.1) is 0 Å². The average molecular weight is 194 g/mol. The summed E-state index contributed by atoms with van der Waals surface area (Å²) in [6.45, 7) is 7.67. The zero-order valence-electron chi connectivity index (χ0n) is 9.66. The Kier molecular flexibility index (Phi) is 4.71. The standard InChI is InChI=1S/C12H22N2/c1-4-7-11(8-5-2)12-9-10-13-14(12)6-3/h9-11H,4-8H2,1-3H3. The van der Waals surface area contributed by atoms with Gasteiger partial charge in [-0.3, -0.25) is 4.68 Å². The fraction of sp³-hybridized carbons (Fsp3) is 0.750. The van der Waals surface area contributed by atoms with Crippen molar-refractivity contribution in [3.05, 3.63) is 18.0 Å². The van der Waals surface area contributed by atoms with E-state index in [0.29, 0.717) is 5.92 Å². The quantitative estimate of drug-likeness (QED) is 0.676. The van der Waals surface area contributed by atoms with Crippen LogP contribution in [-0.4, -0.2) is 9.78 Å². The molecule has 0 atom stereocenters. The van der Waals surface area contributed by atoms with Crippen LogP contribution >= 0.6 is 0 Å². The van der Waals surface area contributed by atoms with E-state index in [1.165, 1.54) is 31.4 Å². The molecule has 1 aromatic heterocycles. The van der Waals surface area contributed by atoms with Crippen LogP contribution in [0.25, 0.3) is 0 Å². The fourth-order valence-electron chi connectivity index (χ4n) is 2.09. The molecule has 0 fully saturated rings. The topological polar surface area (TPSA) is 17.8 Å². The van der Waals surface area contributed by atoms with E-state index >= 15 is 0 Å². The Morgan fingerprint density at radius 1 is 1.21 bits per heavy atom. The molecule has 0 amide bonds. The molecular formula is C12H22N2. The SMILES string of the molecule is CCCC(CCC)c1ccnn1CC. The minimum absolute atomic E-state index is 0.715. The predicted octanol–water partition coefficient (Wildman–Crippen LogP) is 3.59. The Labute approximate surface area is 87.3 Å². The monoisotopic (exact) mass is 194 g/mol. The van der Waals surface area contributed by atoms with Crippen molar-refractivity contribution in [1.29, 1.82) is 0 Å². The molecule has 0 radical (unpaired) electrons. The first-order chi connectivity index (χ1) is 6.83. The van der Waals surface area contributed by atoms with Crippen LogP contribution < -0.4 is 0 Å². The van der Waals surface area contributed by atoms with Crippen molar-refractivity contribution in [3.63, 3.8) is 0 Å². The van der Waals surface area contributed by atoms with E-state index in [1.807, 2.05) is 6.20 Å². The van der Waals surface area contributed by atoms with Crippen molar-refractivity contribution >= 4 is 0 Å². The highest BCUT2D eigenvalue weighted by Gasteiger charge is 2.13. The Morgan fingerprint density at radius 2 is 1.86 bits per heavy atom. The minimum atomic E-state index is 0.715. The van der Waals surface area contributed by atoms with Gasteiger partial charge >= 0.3 is 0 Å². The maximum atomic E-state index is 4.34. The summed E-state index contributed by atoms with van der Waals surface area (Å²) in [6, 6.07) is 2.18. The Morgan fingerprint density at radius 3 is 2.36 bits per heavy atom. The lowest BCUT2D eigenvalue weighted by atomic mass is 9.95. The Bertz CT molecular complexity index is 247. The lowest BCUT2D eigenvalue weighted by Crippen LogP contribution is -2.08. The first-order valence-corrected chi connectivity index (χ1v) is 5.85. The van der Waals surface area contributed by atoms with E-state index in [1.54, 1.807) is 0 Å². The van der Waals surface area contributed by atoms with Crippen LogP contribution in [0.3, 0.4) is 0 Å². The maximum Gasteiger partial charge on any atom is 0.0492 e. The second kappa shape index (κ2) is 5.84. The van der Waals surface area contributed by atoms with Gasteiger partial charge in [0.2, 0.25) is 0 Å². The van der Waals surface area contributed by atoms with Gasteiger partial charge in [-0.25, -0.2) is 0 Å². The van der Waals surface area contributed by atoms with E-state index in [0.717, 1.165) is 6.54 Å². The lowest BCUT2D eigenvalue weighted by molar-refractivity contribution is 0.501. The fourth-order valence-corrected chi connectivity index (χ4v) is 2.09. The average Bonchev–Trinajstić information content (AvgIpc) is 2.65. The van der Waals surface area contributed by atoms with Gasteiger partial charge in [0.05, 0.1) is 0 Å². The predicted molar refractivity (Wildman–Crippen MR) is 60.5 cm³/mol. The molecule has 0 aliphatic rings. The molecule has 2 heteroatoms. The molecule has 2 nitrogen and oxygen atoms in total. The maximum absolute atomic E-state index is 4.34. The van der Waals surface area contributed by atoms with Gasteiger partial charge in [-0.15, -0.1) is 0 Å². The summed E-state index contributed by atoms with van der Waals surface area (Å²) in [4.78, 5) is 0. The van der Waals surface area contributed by atoms with E-state index in [-0.39, 0.29) is 0 Å². The third kappa shape index (κ3) is 2.60. The molecule has 0 unspecified atom stereocenters. The summed E-state index contributed by atoms with van der Waals surface area (Å²) in [5.41, 5.74) is 1.43. The normalized spacial score (nSPS) is 11.1. The highest BCUT2D eigenvalue weighted by atomic mass is 15.3. The summed E-state index contributed by atoms with van der Waals surface area (Å²) in [5, 5.41) is 4.34. The number of rotatable bonds is 6. The summed E-state index contributed by atoms with van der Waals surface area (Å²) < 4.78 is 2.13. The molecule has 0 spiro atoms. The number of nitrogens with zero attached hydrogens (tertiary/aromatic N) is 2. The molecule has 1 aromatic rings. The minimum Gasteiger partial charge on any atom is -0.270 e. The Balaban J connectivity index is 2.75. The molecule has 0 aliphatic carbocycles. The summed E-state index contributed by atoms with van der Waals surface area (Å²) in [7, 11) is 0. The van der Waals surface area contributed by atoms with Gasteiger partial charge in [-0.05, 0) is 25.8 Å². The van der Waals surface area contributed by atoms with E-state index < -0.39 is 0 Å².